The van der Waals surface area contributed by atoms with Crippen molar-refractivity contribution in [1.29, 1.82) is 0 Å². The molecule has 1 amide bonds. The molecular formula is C15H16ClNO. The van der Waals surface area contributed by atoms with E-state index < -0.39 is 0 Å². The lowest BCUT2D eigenvalue weighted by molar-refractivity contribution is 0.0688. The lowest BCUT2D eigenvalue weighted by Crippen LogP contribution is -2.43. The van der Waals surface area contributed by atoms with Crippen molar-refractivity contribution in [3.8, 4) is 0 Å². The highest BCUT2D eigenvalue weighted by Crippen LogP contribution is 2.45. The van der Waals surface area contributed by atoms with Crippen molar-refractivity contribution in [1.82, 2.24) is 4.90 Å². The number of carbonyl (C=O) groups excluding carboxylic acids is 1. The van der Waals surface area contributed by atoms with Crippen molar-refractivity contribution in [2.24, 2.45) is 11.8 Å². The Hall–Kier alpha value is -1.02. The zero-order chi connectivity index (χ0) is 12.3. The maximum atomic E-state index is 12.5. The Kier molecular flexibility index (Phi) is 2.25. The van der Waals surface area contributed by atoms with Gasteiger partial charge in [0.15, 0.2) is 0 Å². The molecule has 2 nitrogen and oxygen atoms in total. The van der Waals surface area contributed by atoms with Crippen LogP contribution < -0.4 is 0 Å². The van der Waals surface area contributed by atoms with Crippen LogP contribution in [0.3, 0.4) is 0 Å². The lowest BCUT2D eigenvalue weighted by atomic mass is 9.86. The van der Waals surface area contributed by atoms with Crippen LogP contribution in [0, 0.1) is 11.8 Å². The molecule has 1 saturated heterocycles. The number of carbonyl (C=O) groups is 1. The van der Waals surface area contributed by atoms with Gasteiger partial charge >= 0.3 is 0 Å². The van der Waals surface area contributed by atoms with Crippen molar-refractivity contribution in [2.75, 3.05) is 6.54 Å². The Morgan fingerprint density at radius 2 is 2.17 bits per heavy atom. The molecule has 1 saturated carbocycles. The molecule has 94 valence electrons. The molecule has 0 radical (unpaired) electrons. The maximum Gasteiger partial charge on any atom is 0.254 e. The van der Waals surface area contributed by atoms with Crippen LogP contribution in [0.25, 0.3) is 0 Å². The van der Waals surface area contributed by atoms with E-state index in [-0.39, 0.29) is 5.91 Å². The summed E-state index contributed by atoms with van der Waals surface area (Å²) in [6.45, 7) is 0.982. The van der Waals surface area contributed by atoms with Gasteiger partial charge in [-0.2, -0.15) is 0 Å². The number of nitrogens with zero attached hydrogens (tertiary/aromatic N) is 1. The number of rotatable bonds is 0. The van der Waals surface area contributed by atoms with Crippen LogP contribution in [-0.4, -0.2) is 23.4 Å². The summed E-state index contributed by atoms with van der Waals surface area (Å²) in [5.41, 5.74) is 2.02. The second kappa shape index (κ2) is 3.74. The van der Waals surface area contributed by atoms with Gasteiger partial charge in [-0.05, 0) is 54.9 Å². The third kappa shape index (κ3) is 1.38. The van der Waals surface area contributed by atoms with Gasteiger partial charge in [-0.1, -0.05) is 18.0 Å². The molecule has 1 aromatic carbocycles. The Bertz CT molecular complexity index is 527. The van der Waals surface area contributed by atoms with Crippen LogP contribution in [0.2, 0.25) is 5.02 Å². The highest BCUT2D eigenvalue weighted by atomic mass is 35.5. The fraction of sp³-hybridized carbons (Fsp3) is 0.533. The summed E-state index contributed by atoms with van der Waals surface area (Å²) in [6, 6.07) is 6.14. The molecule has 0 bridgehead atoms. The highest BCUT2D eigenvalue weighted by molar-refractivity contribution is 6.30. The number of amides is 1. The predicted octanol–water partition coefficient (Wildman–Crippen LogP) is 3.14. The fourth-order valence-corrected chi connectivity index (χ4v) is 4.43. The Morgan fingerprint density at radius 1 is 1.28 bits per heavy atom. The number of hydrogen-bond acceptors (Lipinski definition) is 1. The van der Waals surface area contributed by atoms with E-state index in [0.717, 1.165) is 41.0 Å². The zero-order valence-electron chi connectivity index (χ0n) is 10.2. The Balaban J connectivity index is 1.76. The van der Waals surface area contributed by atoms with Gasteiger partial charge in [-0.15, -0.1) is 0 Å². The van der Waals surface area contributed by atoms with Crippen molar-refractivity contribution < 1.29 is 4.79 Å². The molecule has 3 atom stereocenters. The minimum Gasteiger partial charge on any atom is -0.335 e. The summed E-state index contributed by atoms with van der Waals surface area (Å²) < 4.78 is 0. The number of fused-ring (bicyclic) bond motifs is 4. The maximum absolute atomic E-state index is 12.5. The Labute approximate surface area is 112 Å². The first-order valence-electron chi connectivity index (χ1n) is 6.83. The average molecular weight is 262 g/mol. The fourth-order valence-electron chi connectivity index (χ4n) is 4.23. The summed E-state index contributed by atoms with van der Waals surface area (Å²) in [5, 5.41) is 0.746. The molecule has 2 fully saturated rings. The first-order valence-corrected chi connectivity index (χ1v) is 7.21. The van der Waals surface area contributed by atoms with E-state index in [9.17, 15) is 4.79 Å². The summed E-state index contributed by atoms with van der Waals surface area (Å²) in [7, 11) is 0. The minimum atomic E-state index is 0.229. The van der Waals surface area contributed by atoms with Crippen LogP contribution >= 0.6 is 11.6 Å². The molecule has 0 N–H and O–H groups in total. The van der Waals surface area contributed by atoms with Crippen LogP contribution in [-0.2, 0) is 6.42 Å². The van der Waals surface area contributed by atoms with Crippen LogP contribution in [0.15, 0.2) is 18.2 Å². The predicted molar refractivity (Wildman–Crippen MR) is 70.8 cm³/mol. The van der Waals surface area contributed by atoms with Gasteiger partial charge < -0.3 is 4.90 Å². The molecule has 0 spiro atoms. The molecule has 1 aromatic rings. The number of halogens is 1. The molecule has 0 unspecified atom stereocenters. The van der Waals surface area contributed by atoms with Crippen LogP contribution in [0.5, 0.6) is 0 Å². The van der Waals surface area contributed by atoms with Gasteiger partial charge in [-0.25, -0.2) is 0 Å². The van der Waals surface area contributed by atoms with E-state index in [4.69, 9.17) is 11.6 Å². The molecule has 4 rings (SSSR count). The molecule has 3 heteroatoms. The van der Waals surface area contributed by atoms with E-state index in [1.807, 2.05) is 18.2 Å². The molecule has 0 aromatic heterocycles. The summed E-state index contributed by atoms with van der Waals surface area (Å²) in [6.07, 6.45) is 4.95. The van der Waals surface area contributed by atoms with E-state index >= 15 is 0 Å². The smallest absolute Gasteiger partial charge is 0.254 e. The molecular weight excluding hydrogens is 246 g/mol. The highest BCUT2D eigenvalue weighted by Gasteiger charge is 2.48. The average Bonchev–Trinajstić information content (AvgIpc) is 2.91. The number of benzene rings is 1. The van der Waals surface area contributed by atoms with Gasteiger partial charge in [0.05, 0.1) is 0 Å². The standard InChI is InChI=1S/C15H16ClNO/c16-11-4-5-13-10(6-11)7-14-12-3-1-2-9(12)8-17(14)15(13)18/h4-6,9,12,14H,1-3,7-8H2/t9-,12-,14+/m0/s1. The first-order chi connectivity index (χ1) is 8.74. The van der Waals surface area contributed by atoms with Crippen molar-refractivity contribution in [2.45, 2.75) is 31.7 Å². The van der Waals surface area contributed by atoms with Gasteiger partial charge in [0.2, 0.25) is 0 Å². The van der Waals surface area contributed by atoms with Gasteiger partial charge in [0, 0.05) is 23.2 Å². The third-order valence-electron chi connectivity index (χ3n) is 5.03. The normalized spacial score (nSPS) is 33.3. The molecule has 3 aliphatic rings. The van der Waals surface area contributed by atoms with Gasteiger partial charge in [0.25, 0.3) is 5.91 Å². The van der Waals surface area contributed by atoms with Crippen molar-refractivity contribution in [3.05, 3.63) is 34.3 Å². The largest absolute Gasteiger partial charge is 0.335 e. The second-order valence-corrected chi connectivity index (χ2v) is 6.32. The molecule has 2 heterocycles. The topological polar surface area (TPSA) is 20.3 Å². The Morgan fingerprint density at radius 3 is 3.06 bits per heavy atom. The second-order valence-electron chi connectivity index (χ2n) is 5.89. The van der Waals surface area contributed by atoms with Crippen LogP contribution in [0.4, 0.5) is 0 Å². The summed E-state index contributed by atoms with van der Waals surface area (Å²) in [5.74, 6) is 1.72. The first kappa shape index (κ1) is 10.9. The van der Waals surface area contributed by atoms with Gasteiger partial charge in [-0.3, -0.25) is 4.79 Å². The zero-order valence-corrected chi connectivity index (χ0v) is 11.0. The van der Waals surface area contributed by atoms with Crippen molar-refractivity contribution in [3.63, 3.8) is 0 Å². The SMILES string of the molecule is O=C1c2ccc(Cl)cc2C[C@@H]2[C@H]3CCC[C@H]3CN12. The van der Waals surface area contributed by atoms with E-state index in [1.165, 1.54) is 19.3 Å². The third-order valence-corrected chi connectivity index (χ3v) is 5.27. The minimum absolute atomic E-state index is 0.229. The molecule has 18 heavy (non-hydrogen) atoms. The lowest BCUT2D eigenvalue weighted by Gasteiger charge is -2.33. The van der Waals surface area contributed by atoms with E-state index in [0.29, 0.717) is 6.04 Å². The summed E-state index contributed by atoms with van der Waals surface area (Å²) >= 11 is 6.05. The summed E-state index contributed by atoms with van der Waals surface area (Å²) in [4.78, 5) is 14.7. The number of hydrogen-bond donors (Lipinski definition) is 0. The van der Waals surface area contributed by atoms with Crippen LogP contribution in [0.1, 0.15) is 35.2 Å². The monoisotopic (exact) mass is 261 g/mol. The molecule has 1 aliphatic carbocycles. The quantitative estimate of drug-likeness (QED) is 0.703. The van der Waals surface area contributed by atoms with E-state index in [2.05, 4.69) is 4.90 Å². The van der Waals surface area contributed by atoms with Gasteiger partial charge in [0.1, 0.15) is 0 Å². The van der Waals surface area contributed by atoms with Crippen molar-refractivity contribution >= 4 is 17.5 Å². The molecule has 2 aliphatic heterocycles. The van der Waals surface area contributed by atoms with E-state index in [1.54, 1.807) is 0 Å².